The Kier molecular flexibility index (Phi) is 7.55. The van der Waals surface area contributed by atoms with Gasteiger partial charge in [-0.05, 0) is 64.9 Å². The smallest absolute Gasteiger partial charge is 0.335 e. The van der Waals surface area contributed by atoms with Crippen LogP contribution in [0.3, 0.4) is 0 Å². The summed E-state index contributed by atoms with van der Waals surface area (Å²) in [5, 5.41) is 23.9. The van der Waals surface area contributed by atoms with Gasteiger partial charge in [0, 0.05) is 5.57 Å². The van der Waals surface area contributed by atoms with Crippen LogP contribution in [0.4, 0.5) is 0 Å². The lowest BCUT2D eigenvalue weighted by Gasteiger charge is -2.10. The fraction of sp³-hybridized carbons (Fsp3) is 0. The Bertz CT molecular complexity index is 2410. The van der Waals surface area contributed by atoms with E-state index < -0.39 is 34.3 Å². The van der Waals surface area contributed by atoms with Crippen LogP contribution in [-0.4, -0.2) is 29.3 Å². The molecule has 0 atom stereocenters. The van der Waals surface area contributed by atoms with E-state index in [9.17, 15) is 29.4 Å². The van der Waals surface area contributed by atoms with Crippen molar-refractivity contribution in [3.8, 4) is 23.1 Å². The summed E-state index contributed by atoms with van der Waals surface area (Å²) < 4.78 is 1.94. The van der Waals surface area contributed by atoms with Crippen molar-refractivity contribution in [2.75, 3.05) is 0 Å². The van der Waals surface area contributed by atoms with Crippen LogP contribution in [0.25, 0.3) is 39.9 Å². The van der Waals surface area contributed by atoms with Gasteiger partial charge in [0.15, 0.2) is 0 Å². The second-order valence-electron chi connectivity index (χ2n) is 9.93. The topological polar surface area (TPSA) is 150 Å². The molecule has 0 aliphatic rings. The number of benzene rings is 4. The molecule has 220 valence electrons. The van der Waals surface area contributed by atoms with Gasteiger partial charge in [0.1, 0.15) is 11.1 Å². The summed E-state index contributed by atoms with van der Waals surface area (Å²) in [6.45, 7) is 0. The van der Waals surface area contributed by atoms with Crippen LogP contribution < -0.4 is 22.5 Å². The molecule has 0 aliphatic heterocycles. The first kappa shape index (κ1) is 28.5. The number of aromatic nitrogens is 4. The van der Waals surface area contributed by atoms with E-state index in [-0.39, 0.29) is 11.1 Å². The average Bonchev–Trinajstić information content (AvgIpc) is 3.04. The normalized spacial score (nSPS) is 11.0. The van der Waals surface area contributed by atoms with Crippen molar-refractivity contribution in [3.63, 3.8) is 0 Å². The third-order valence-corrected chi connectivity index (χ3v) is 7.12. The first-order valence-electron chi connectivity index (χ1n) is 13.7. The quantitative estimate of drug-likeness (QED) is 0.166. The molecule has 4 aromatic carbocycles. The Morgan fingerprint density at radius 1 is 0.622 bits per heavy atom. The highest BCUT2D eigenvalue weighted by molar-refractivity contribution is 5.89. The number of hydrogen-bond acceptors (Lipinski definition) is 6. The molecule has 2 aromatic heterocycles. The number of fused-ring (bicyclic) bond motifs is 1. The van der Waals surface area contributed by atoms with Crippen molar-refractivity contribution < 1.29 is 10.2 Å². The zero-order chi connectivity index (χ0) is 31.5. The average molecular weight is 597 g/mol. The highest BCUT2D eigenvalue weighted by atomic mass is 16.3. The van der Waals surface area contributed by atoms with Crippen molar-refractivity contribution >= 4 is 28.5 Å². The molecule has 0 bridgehead atoms. The second-order valence-corrected chi connectivity index (χ2v) is 9.93. The van der Waals surface area contributed by atoms with Crippen molar-refractivity contribution in [2.45, 2.75) is 0 Å². The van der Waals surface area contributed by atoms with Gasteiger partial charge in [-0.3, -0.25) is 19.6 Å². The number of nitrogens with zero attached hydrogens (tertiary/aromatic N) is 2. The Morgan fingerprint density at radius 2 is 1.13 bits per heavy atom. The molecule has 10 nitrogen and oxygen atoms in total. The van der Waals surface area contributed by atoms with E-state index in [2.05, 4.69) is 15.7 Å². The number of H-pyrrole nitrogens is 2. The van der Waals surface area contributed by atoms with Crippen molar-refractivity contribution in [3.05, 3.63) is 173 Å². The number of aromatic hydroxyl groups is 2. The summed E-state index contributed by atoms with van der Waals surface area (Å²) in [7, 11) is 0. The van der Waals surface area contributed by atoms with Crippen molar-refractivity contribution in [2.24, 2.45) is 0 Å². The van der Waals surface area contributed by atoms with Gasteiger partial charge in [0.25, 0.3) is 11.1 Å². The summed E-state index contributed by atoms with van der Waals surface area (Å²) in [4.78, 5) is 55.2. The number of rotatable bonds is 6. The van der Waals surface area contributed by atoms with Crippen LogP contribution in [-0.2, 0) is 0 Å². The van der Waals surface area contributed by atoms with Crippen LogP contribution in [0.15, 0.2) is 134 Å². The van der Waals surface area contributed by atoms with Gasteiger partial charge in [-0.15, -0.1) is 5.73 Å². The minimum atomic E-state index is -0.831. The van der Waals surface area contributed by atoms with E-state index in [0.717, 1.165) is 19.9 Å². The monoisotopic (exact) mass is 596 g/mol. The molecule has 0 saturated heterocycles. The van der Waals surface area contributed by atoms with E-state index >= 15 is 0 Å². The van der Waals surface area contributed by atoms with Gasteiger partial charge >= 0.3 is 11.4 Å². The van der Waals surface area contributed by atoms with Crippen LogP contribution in [0.5, 0.6) is 11.8 Å². The molecule has 0 amide bonds. The first-order chi connectivity index (χ1) is 21.8. The van der Waals surface area contributed by atoms with E-state index in [1.54, 1.807) is 60.7 Å². The highest BCUT2D eigenvalue weighted by Gasteiger charge is 2.15. The Labute approximate surface area is 254 Å². The molecule has 0 spiro atoms. The second kappa shape index (κ2) is 11.9. The SMILES string of the molecule is O=c1[nH]c(=O)n(-c2ccccc2)c(O)c1C=C=C(C=Cc1c(O)n(-c2ccccc2)c(=O)[nH]c1=O)c1ccc2ccccc2c1. The molecular formula is C35H24N4O6. The molecule has 0 radical (unpaired) electrons. The Hall–Kier alpha value is -6.64. The largest absolute Gasteiger partial charge is 0.494 e. The molecule has 0 aliphatic carbocycles. The van der Waals surface area contributed by atoms with Gasteiger partial charge < -0.3 is 10.2 Å². The number of hydrogen-bond donors (Lipinski definition) is 4. The van der Waals surface area contributed by atoms with Gasteiger partial charge in [0.2, 0.25) is 11.8 Å². The predicted octanol–water partition coefficient (Wildman–Crippen LogP) is 4.34. The summed E-state index contributed by atoms with van der Waals surface area (Å²) >= 11 is 0. The Balaban J connectivity index is 1.55. The lowest BCUT2D eigenvalue weighted by atomic mass is 10.0. The molecule has 45 heavy (non-hydrogen) atoms. The van der Waals surface area contributed by atoms with Crippen LogP contribution in [0.2, 0.25) is 0 Å². The van der Waals surface area contributed by atoms with E-state index in [1.807, 2.05) is 42.5 Å². The number of nitrogens with one attached hydrogen (secondary N) is 2. The molecule has 2 heterocycles. The van der Waals surface area contributed by atoms with Gasteiger partial charge in [-0.25, -0.2) is 18.7 Å². The van der Waals surface area contributed by atoms with E-state index in [1.165, 1.54) is 18.2 Å². The predicted molar refractivity (Wildman–Crippen MR) is 173 cm³/mol. The number of para-hydroxylation sites is 2. The maximum absolute atomic E-state index is 12.8. The molecule has 10 heteroatoms. The third-order valence-electron chi connectivity index (χ3n) is 7.12. The van der Waals surface area contributed by atoms with Gasteiger partial charge in [-0.1, -0.05) is 72.8 Å². The maximum atomic E-state index is 12.8. The minimum absolute atomic E-state index is 0.197. The standard InChI is InChI=1S/C35H24N4O6/c40-30-28(32(42)38(34(44)36-30)26-11-3-1-4-12-26)19-17-23(25-16-15-22-9-7-8-10-24(22)21-25)18-20-29-31(41)37-35(45)39(33(29)43)27-13-5-2-6-14-27/h1-17,19-21,42-43H,(H,36,40,44)(H,37,41,45). The van der Waals surface area contributed by atoms with Crippen LogP contribution in [0.1, 0.15) is 16.7 Å². The van der Waals surface area contributed by atoms with Crippen molar-refractivity contribution in [1.82, 2.24) is 19.1 Å². The molecular weight excluding hydrogens is 572 g/mol. The van der Waals surface area contributed by atoms with Gasteiger partial charge in [-0.2, -0.15) is 0 Å². The number of allylic oxidation sites excluding steroid dienone is 2. The number of aromatic amines is 2. The third kappa shape index (κ3) is 5.60. The molecule has 0 saturated carbocycles. The maximum Gasteiger partial charge on any atom is 0.335 e. The van der Waals surface area contributed by atoms with Crippen molar-refractivity contribution in [1.29, 1.82) is 0 Å². The fourth-order valence-electron chi connectivity index (χ4n) is 4.89. The molecule has 6 aromatic rings. The van der Waals surface area contributed by atoms with E-state index in [4.69, 9.17) is 0 Å². The fourth-order valence-corrected chi connectivity index (χ4v) is 4.89. The summed E-state index contributed by atoms with van der Waals surface area (Å²) in [6.07, 6.45) is 4.05. The van der Waals surface area contributed by atoms with Crippen LogP contribution in [0, 0.1) is 0 Å². The lowest BCUT2D eigenvalue weighted by Crippen LogP contribution is -2.30. The molecule has 0 fully saturated rings. The highest BCUT2D eigenvalue weighted by Crippen LogP contribution is 2.25. The molecule has 6 rings (SSSR count). The molecule has 0 unspecified atom stereocenters. The summed E-state index contributed by atoms with van der Waals surface area (Å²) in [6, 6.07) is 29.9. The lowest BCUT2D eigenvalue weighted by molar-refractivity contribution is 0.429. The zero-order valence-electron chi connectivity index (χ0n) is 23.5. The molecule has 4 N–H and O–H groups in total. The minimum Gasteiger partial charge on any atom is -0.494 e. The van der Waals surface area contributed by atoms with Crippen LogP contribution >= 0.6 is 0 Å². The van der Waals surface area contributed by atoms with Gasteiger partial charge in [0.05, 0.1) is 11.4 Å². The summed E-state index contributed by atoms with van der Waals surface area (Å²) in [5.74, 6) is -1.16. The van der Waals surface area contributed by atoms with E-state index in [0.29, 0.717) is 22.5 Å². The Morgan fingerprint density at radius 3 is 1.73 bits per heavy atom. The first-order valence-corrected chi connectivity index (χ1v) is 13.7. The zero-order valence-corrected chi connectivity index (χ0v) is 23.5. The summed E-state index contributed by atoms with van der Waals surface area (Å²) in [5.41, 5.74) is 0.977.